The number of hydrogen-bond donors (Lipinski definition) is 6. The maximum absolute atomic E-state index is 10.7. The van der Waals surface area contributed by atoms with E-state index in [0.29, 0.717) is 0 Å². The SMILES string of the molecule is O=CC[C@H](OP(=O)(O)O)[C@@H](OP(=O)(O)O)[C@H](O)CO. The normalized spacial score (nSPS) is 17.8. The van der Waals surface area contributed by atoms with Crippen LogP contribution >= 0.6 is 15.6 Å². The summed E-state index contributed by atoms with van der Waals surface area (Å²) in [5.74, 6) is 0. The van der Waals surface area contributed by atoms with E-state index in [-0.39, 0.29) is 6.29 Å². The van der Waals surface area contributed by atoms with Crippen molar-refractivity contribution in [2.45, 2.75) is 24.7 Å². The maximum atomic E-state index is 10.7. The average Bonchev–Trinajstić information content (AvgIpc) is 2.21. The van der Waals surface area contributed by atoms with Gasteiger partial charge in [-0.2, -0.15) is 0 Å². The molecule has 114 valence electrons. The second-order valence-electron chi connectivity index (χ2n) is 3.35. The molecule has 0 radical (unpaired) electrons. The van der Waals surface area contributed by atoms with Crippen molar-refractivity contribution in [1.29, 1.82) is 0 Å². The maximum Gasteiger partial charge on any atom is 0.470 e. The summed E-state index contributed by atoms with van der Waals surface area (Å²) in [5.41, 5.74) is 0. The van der Waals surface area contributed by atoms with E-state index in [9.17, 15) is 19.0 Å². The van der Waals surface area contributed by atoms with Crippen LogP contribution in [0.1, 0.15) is 6.42 Å². The molecule has 13 heteroatoms. The third kappa shape index (κ3) is 8.56. The third-order valence-electron chi connectivity index (χ3n) is 1.79. The molecule has 0 spiro atoms. The minimum Gasteiger partial charge on any atom is -0.394 e. The van der Waals surface area contributed by atoms with E-state index in [0.717, 1.165) is 0 Å². The topological polar surface area (TPSA) is 191 Å². The van der Waals surface area contributed by atoms with Gasteiger partial charge in [-0.15, -0.1) is 0 Å². The van der Waals surface area contributed by atoms with E-state index in [2.05, 4.69) is 9.05 Å². The number of phosphoric ester groups is 2. The summed E-state index contributed by atoms with van der Waals surface area (Å²) in [6.45, 7) is -1.04. The largest absolute Gasteiger partial charge is 0.470 e. The van der Waals surface area contributed by atoms with Gasteiger partial charge in [-0.1, -0.05) is 0 Å². The molecule has 0 aliphatic heterocycles. The number of phosphoric acid groups is 2. The van der Waals surface area contributed by atoms with Crippen LogP contribution in [-0.2, 0) is 23.0 Å². The van der Waals surface area contributed by atoms with Crippen molar-refractivity contribution in [3.63, 3.8) is 0 Å². The molecule has 0 bridgehead atoms. The van der Waals surface area contributed by atoms with Gasteiger partial charge in [-0.25, -0.2) is 9.13 Å². The predicted octanol–water partition coefficient (Wildman–Crippen LogP) is -2.12. The highest BCUT2D eigenvalue weighted by Gasteiger charge is 2.38. The Hall–Kier alpha value is -0.190. The molecule has 6 N–H and O–H groups in total. The minimum atomic E-state index is -5.15. The molecule has 0 aliphatic carbocycles. The molecule has 0 aliphatic rings. The van der Waals surface area contributed by atoms with Crippen LogP contribution in [0, 0.1) is 0 Å². The van der Waals surface area contributed by atoms with Crippen molar-refractivity contribution in [1.82, 2.24) is 0 Å². The third-order valence-corrected chi connectivity index (χ3v) is 2.86. The first-order chi connectivity index (χ1) is 8.50. The van der Waals surface area contributed by atoms with E-state index in [4.69, 9.17) is 24.7 Å². The van der Waals surface area contributed by atoms with Crippen LogP contribution in [0.25, 0.3) is 0 Å². The lowest BCUT2D eigenvalue weighted by molar-refractivity contribution is -0.114. The predicted molar refractivity (Wildman–Crippen MR) is 57.6 cm³/mol. The molecule has 0 aromatic rings. The van der Waals surface area contributed by atoms with Gasteiger partial charge in [0.15, 0.2) is 0 Å². The van der Waals surface area contributed by atoms with Crippen LogP contribution in [0.5, 0.6) is 0 Å². The summed E-state index contributed by atoms with van der Waals surface area (Å²) in [5, 5.41) is 18.0. The first kappa shape index (κ1) is 18.8. The van der Waals surface area contributed by atoms with E-state index < -0.39 is 47.0 Å². The Morgan fingerprint density at radius 2 is 1.53 bits per heavy atom. The van der Waals surface area contributed by atoms with Gasteiger partial charge in [-0.3, -0.25) is 9.05 Å². The highest BCUT2D eigenvalue weighted by atomic mass is 31.2. The second-order valence-corrected chi connectivity index (χ2v) is 5.73. The number of carbonyl (C=O) groups is 1. The molecule has 0 amide bonds. The van der Waals surface area contributed by atoms with E-state index in [1.165, 1.54) is 0 Å². The average molecular weight is 324 g/mol. The van der Waals surface area contributed by atoms with E-state index in [1.807, 2.05) is 0 Å². The zero-order valence-electron chi connectivity index (χ0n) is 9.34. The zero-order valence-corrected chi connectivity index (χ0v) is 11.1. The number of carbonyl (C=O) groups excluding carboxylic acids is 1. The molecule has 0 saturated heterocycles. The number of aldehydes is 1. The molecular weight excluding hydrogens is 310 g/mol. The highest BCUT2D eigenvalue weighted by molar-refractivity contribution is 7.46. The summed E-state index contributed by atoms with van der Waals surface area (Å²) >= 11 is 0. The quantitative estimate of drug-likeness (QED) is 0.201. The Labute approximate surface area is 107 Å². The fraction of sp³-hybridized carbons (Fsp3) is 0.833. The first-order valence-corrected chi connectivity index (χ1v) is 7.76. The van der Waals surface area contributed by atoms with Crippen molar-refractivity contribution in [2.75, 3.05) is 6.61 Å². The minimum absolute atomic E-state index is 0.139. The van der Waals surface area contributed by atoms with E-state index >= 15 is 0 Å². The smallest absolute Gasteiger partial charge is 0.394 e. The standard InChI is InChI=1S/C6H14O11P2/c7-2-1-5(16-18(10,11)12)6(4(9)3-8)17-19(13,14)15/h2,4-6,8-9H,1,3H2,(H2,10,11,12)(H2,13,14,15)/t4-,5+,6+/m1/s1. The van der Waals surface area contributed by atoms with Crippen LogP contribution in [-0.4, -0.2) is 61.0 Å². The summed E-state index contributed by atoms with van der Waals surface area (Å²) < 4.78 is 29.5. The lowest BCUT2D eigenvalue weighted by atomic mass is 10.1. The van der Waals surface area contributed by atoms with Gasteiger partial charge in [0.25, 0.3) is 0 Å². The van der Waals surface area contributed by atoms with Crippen molar-refractivity contribution in [3.8, 4) is 0 Å². The summed E-state index contributed by atoms with van der Waals surface area (Å²) in [6.07, 6.45) is -6.38. The molecule has 0 aromatic carbocycles. The number of aliphatic hydroxyl groups is 2. The summed E-state index contributed by atoms with van der Waals surface area (Å²) in [4.78, 5) is 44.8. The monoisotopic (exact) mass is 324 g/mol. The first-order valence-electron chi connectivity index (χ1n) is 4.70. The molecule has 0 rings (SSSR count). The van der Waals surface area contributed by atoms with Gasteiger partial charge in [-0.05, 0) is 0 Å². The lowest BCUT2D eigenvalue weighted by Gasteiger charge is -2.28. The van der Waals surface area contributed by atoms with E-state index in [1.54, 1.807) is 0 Å². The van der Waals surface area contributed by atoms with Crippen molar-refractivity contribution in [3.05, 3.63) is 0 Å². The molecule has 0 aromatic heterocycles. The van der Waals surface area contributed by atoms with Crippen molar-refractivity contribution >= 4 is 21.9 Å². The molecule has 19 heavy (non-hydrogen) atoms. The number of aliphatic hydroxyl groups excluding tert-OH is 2. The van der Waals surface area contributed by atoms with Gasteiger partial charge in [0.2, 0.25) is 0 Å². The zero-order chi connectivity index (χ0) is 15.3. The summed E-state index contributed by atoms with van der Waals surface area (Å²) in [6, 6.07) is 0. The molecule has 0 saturated carbocycles. The highest BCUT2D eigenvalue weighted by Crippen LogP contribution is 2.44. The Bertz CT molecular complexity index is 371. The molecule has 3 atom stereocenters. The van der Waals surface area contributed by atoms with Crippen LogP contribution in [0.4, 0.5) is 0 Å². The number of hydrogen-bond acceptors (Lipinski definition) is 7. The fourth-order valence-electron chi connectivity index (χ4n) is 1.16. The Morgan fingerprint density at radius 3 is 1.84 bits per heavy atom. The van der Waals surface area contributed by atoms with Gasteiger partial charge >= 0.3 is 15.6 Å². The van der Waals surface area contributed by atoms with Crippen molar-refractivity contribution < 1.29 is 52.8 Å². The molecule has 11 nitrogen and oxygen atoms in total. The molecular formula is C6H14O11P2. The Kier molecular flexibility index (Phi) is 7.48. The molecule has 0 unspecified atom stereocenters. The van der Waals surface area contributed by atoms with Crippen molar-refractivity contribution in [2.24, 2.45) is 0 Å². The Morgan fingerprint density at radius 1 is 1.05 bits per heavy atom. The second kappa shape index (κ2) is 7.55. The Balaban J connectivity index is 5.18. The van der Waals surface area contributed by atoms with Crippen LogP contribution in [0.3, 0.4) is 0 Å². The fourth-order valence-corrected chi connectivity index (χ4v) is 2.31. The number of rotatable bonds is 9. The lowest BCUT2D eigenvalue weighted by Crippen LogP contribution is -2.42. The van der Waals surface area contributed by atoms with Gasteiger partial charge in [0, 0.05) is 6.42 Å². The van der Waals surface area contributed by atoms with Gasteiger partial charge in [0.1, 0.15) is 24.6 Å². The van der Waals surface area contributed by atoms with Crippen LogP contribution in [0.15, 0.2) is 0 Å². The van der Waals surface area contributed by atoms with Gasteiger partial charge < -0.3 is 34.6 Å². The molecule has 0 fully saturated rings. The molecule has 0 heterocycles. The van der Waals surface area contributed by atoms with Crippen LogP contribution in [0.2, 0.25) is 0 Å². The van der Waals surface area contributed by atoms with Crippen LogP contribution < -0.4 is 0 Å². The van der Waals surface area contributed by atoms with Gasteiger partial charge in [0.05, 0.1) is 6.61 Å². The summed E-state index contributed by atoms with van der Waals surface area (Å²) in [7, 11) is -10.3.